The number of hydrogen-bond donors (Lipinski definition) is 1. The topological polar surface area (TPSA) is 64.4 Å². The Morgan fingerprint density at radius 2 is 2.24 bits per heavy atom. The summed E-state index contributed by atoms with van der Waals surface area (Å²) in [6.07, 6.45) is -0.246. The van der Waals surface area contributed by atoms with Gasteiger partial charge in [0, 0.05) is 6.07 Å². The highest BCUT2D eigenvalue weighted by atomic mass is 35.5. The lowest BCUT2D eigenvalue weighted by atomic mass is 10.2. The van der Waals surface area contributed by atoms with Gasteiger partial charge in [0.05, 0.1) is 5.02 Å². The van der Waals surface area contributed by atoms with E-state index in [1.54, 1.807) is 31.2 Å². The van der Waals surface area contributed by atoms with Crippen LogP contribution in [0.2, 0.25) is 10.0 Å². The molecule has 5 nitrogen and oxygen atoms in total. The average Bonchev–Trinajstić information content (AvgIpc) is 2.85. The SMILES string of the molecule is CCC(Oc1cccc(Cl)c1Cl)C(=O)Nc1cc(C)on1. The molecule has 0 spiro atoms. The maximum atomic E-state index is 12.2. The van der Waals surface area contributed by atoms with Gasteiger partial charge >= 0.3 is 0 Å². The van der Waals surface area contributed by atoms with E-state index in [0.29, 0.717) is 28.8 Å². The number of nitrogens with zero attached hydrogens (tertiary/aromatic N) is 1. The summed E-state index contributed by atoms with van der Waals surface area (Å²) in [5.74, 6) is 0.984. The molecule has 7 heteroatoms. The number of amides is 1. The summed E-state index contributed by atoms with van der Waals surface area (Å²) in [5, 5.41) is 6.98. The number of ether oxygens (including phenoxy) is 1. The van der Waals surface area contributed by atoms with E-state index < -0.39 is 6.10 Å². The quantitative estimate of drug-likeness (QED) is 0.897. The van der Waals surface area contributed by atoms with Crippen LogP contribution in [0.15, 0.2) is 28.8 Å². The van der Waals surface area contributed by atoms with Gasteiger partial charge in [0.2, 0.25) is 0 Å². The number of halogens is 2. The van der Waals surface area contributed by atoms with Crippen LogP contribution in [0.3, 0.4) is 0 Å². The number of aryl methyl sites for hydroxylation is 1. The van der Waals surface area contributed by atoms with Gasteiger partial charge in [-0.2, -0.15) is 0 Å². The van der Waals surface area contributed by atoms with E-state index >= 15 is 0 Å². The van der Waals surface area contributed by atoms with E-state index in [2.05, 4.69) is 10.5 Å². The summed E-state index contributed by atoms with van der Waals surface area (Å²) in [6.45, 7) is 3.57. The number of nitrogens with one attached hydrogen (secondary N) is 1. The van der Waals surface area contributed by atoms with Crippen LogP contribution in [0.4, 0.5) is 5.82 Å². The third-order valence-electron chi connectivity index (χ3n) is 2.73. The summed E-state index contributed by atoms with van der Waals surface area (Å²) in [7, 11) is 0. The summed E-state index contributed by atoms with van der Waals surface area (Å²) in [4.78, 5) is 12.2. The predicted octanol–water partition coefficient (Wildman–Crippen LogP) is 4.09. The van der Waals surface area contributed by atoms with Crippen LogP contribution in [0.5, 0.6) is 5.75 Å². The van der Waals surface area contributed by atoms with Gasteiger partial charge in [-0.3, -0.25) is 4.79 Å². The maximum absolute atomic E-state index is 12.2. The highest BCUT2D eigenvalue weighted by molar-refractivity contribution is 6.42. The Hall–Kier alpha value is -1.72. The monoisotopic (exact) mass is 328 g/mol. The lowest BCUT2D eigenvalue weighted by molar-refractivity contribution is -0.122. The fraction of sp³-hybridized carbons (Fsp3) is 0.286. The van der Waals surface area contributed by atoms with E-state index in [-0.39, 0.29) is 10.9 Å². The Balaban J connectivity index is 2.08. The van der Waals surface area contributed by atoms with Crippen LogP contribution in [0.1, 0.15) is 19.1 Å². The molecule has 1 atom stereocenters. The Kier molecular flexibility index (Phi) is 5.09. The Morgan fingerprint density at radius 3 is 2.86 bits per heavy atom. The minimum absolute atomic E-state index is 0.280. The summed E-state index contributed by atoms with van der Waals surface area (Å²) >= 11 is 12.0. The third-order valence-corrected chi connectivity index (χ3v) is 3.53. The summed E-state index contributed by atoms with van der Waals surface area (Å²) in [5.41, 5.74) is 0. The van der Waals surface area contributed by atoms with Gasteiger partial charge in [-0.05, 0) is 25.5 Å². The fourth-order valence-corrected chi connectivity index (χ4v) is 2.02. The highest BCUT2D eigenvalue weighted by Gasteiger charge is 2.21. The van der Waals surface area contributed by atoms with Crippen LogP contribution in [-0.2, 0) is 4.79 Å². The van der Waals surface area contributed by atoms with Crippen molar-refractivity contribution in [3.8, 4) is 5.75 Å². The second-order valence-corrected chi connectivity index (χ2v) is 5.16. The first-order valence-corrected chi connectivity index (χ1v) is 7.11. The molecule has 1 heterocycles. The van der Waals surface area contributed by atoms with Gasteiger partial charge in [-0.1, -0.05) is 41.3 Å². The van der Waals surface area contributed by atoms with Crippen LogP contribution in [-0.4, -0.2) is 17.2 Å². The molecule has 1 aromatic heterocycles. The highest BCUT2D eigenvalue weighted by Crippen LogP contribution is 2.32. The van der Waals surface area contributed by atoms with E-state index in [0.717, 1.165) is 0 Å². The lowest BCUT2D eigenvalue weighted by Crippen LogP contribution is -2.32. The number of anilines is 1. The van der Waals surface area contributed by atoms with Gasteiger partial charge in [0.25, 0.3) is 5.91 Å². The molecule has 1 aromatic carbocycles. The molecule has 1 amide bonds. The van der Waals surface area contributed by atoms with E-state index in [1.807, 2.05) is 6.92 Å². The normalized spacial score (nSPS) is 12.0. The number of rotatable bonds is 5. The lowest BCUT2D eigenvalue weighted by Gasteiger charge is -2.17. The smallest absolute Gasteiger partial charge is 0.266 e. The van der Waals surface area contributed by atoms with Gasteiger partial charge in [0.1, 0.15) is 16.5 Å². The second-order valence-electron chi connectivity index (χ2n) is 4.38. The largest absolute Gasteiger partial charge is 0.479 e. The van der Waals surface area contributed by atoms with Crippen molar-refractivity contribution in [2.75, 3.05) is 5.32 Å². The molecule has 0 aliphatic heterocycles. The Bertz CT molecular complexity index is 643. The molecule has 2 rings (SSSR count). The molecule has 0 aliphatic carbocycles. The molecule has 2 aromatic rings. The standard InChI is InChI=1S/C14H14Cl2N2O3/c1-3-10(14(19)17-12-7-8(2)21-18-12)20-11-6-4-5-9(15)13(11)16/h4-7,10H,3H2,1-2H3,(H,17,18,19). The number of carbonyl (C=O) groups is 1. The number of benzene rings is 1. The molecule has 1 N–H and O–H groups in total. The van der Waals surface area contributed by atoms with E-state index in [1.165, 1.54) is 0 Å². The van der Waals surface area contributed by atoms with Crippen molar-refractivity contribution in [3.05, 3.63) is 40.1 Å². The van der Waals surface area contributed by atoms with E-state index in [9.17, 15) is 4.79 Å². The molecular weight excluding hydrogens is 315 g/mol. The van der Waals surface area contributed by atoms with Crippen molar-refractivity contribution >= 4 is 34.9 Å². The first-order valence-electron chi connectivity index (χ1n) is 6.36. The van der Waals surface area contributed by atoms with E-state index in [4.69, 9.17) is 32.5 Å². The summed E-state index contributed by atoms with van der Waals surface area (Å²) in [6, 6.07) is 6.63. The minimum atomic E-state index is -0.710. The molecule has 112 valence electrons. The second kappa shape index (κ2) is 6.83. The van der Waals surface area contributed by atoms with Crippen molar-refractivity contribution in [3.63, 3.8) is 0 Å². The molecule has 0 saturated heterocycles. The zero-order chi connectivity index (χ0) is 15.4. The van der Waals surface area contributed by atoms with Gasteiger partial charge < -0.3 is 14.6 Å². The van der Waals surface area contributed by atoms with Gasteiger partial charge in [-0.15, -0.1) is 0 Å². The zero-order valence-corrected chi connectivity index (χ0v) is 13.0. The number of aromatic nitrogens is 1. The molecule has 0 radical (unpaired) electrons. The molecular formula is C14H14Cl2N2O3. The maximum Gasteiger partial charge on any atom is 0.266 e. The molecule has 0 aliphatic rings. The average molecular weight is 329 g/mol. The van der Waals surface area contributed by atoms with Crippen LogP contribution in [0, 0.1) is 6.92 Å². The van der Waals surface area contributed by atoms with Crippen molar-refractivity contribution in [1.82, 2.24) is 5.16 Å². The fourth-order valence-electron chi connectivity index (χ4n) is 1.68. The molecule has 0 fully saturated rings. The molecule has 21 heavy (non-hydrogen) atoms. The van der Waals surface area contributed by atoms with Crippen LogP contribution < -0.4 is 10.1 Å². The number of carbonyl (C=O) groups excluding carboxylic acids is 1. The van der Waals surface area contributed by atoms with Crippen molar-refractivity contribution in [1.29, 1.82) is 0 Å². The van der Waals surface area contributed by atoms with Gasteiger partial charge in [0.15, 0.2) is 11.9 Å². The van der Waals surface area contributed by atoms with Crippen molar-refractivity contribution < 1.29 is 14.1 Å². The van der Waals surface area contributed by atoms with Crippen molar-refractivity contribution in [2.24, 2.45) is 0 Å². The first kappa shape index (κ1) is 15.7. The van der Waals surface area contributed by atoms with Gasteiger partial charge in [-0.25, -0.2) is 0 Å². The predicted molar refractivity (Wildman–Crippen MR) is 81.0 cm³/mol. The first-order chi connectivity index (χ1) is 10.0. The molecule has 1 unspecified atom stereocenters. The van der Waals surface area contributed by atoms with Crippen LogP contribution >= 0.6 is 23.2 Å². The van der Waals surface area contributed by atoms with Crippen molar-refractivity contribution in [2.45, 2.75) is 26.4 Å². The zero-order valence-electron chi connectivity index (χ0n) is 11.5. The van der Waals surface area contributed by atoms with Crippen LogP contribution in [0.25, 0.3) is 0 Å². The molecule has 0 bridgehead atoms. The number of hydrogen-bond acceptors (Lipinski definition) is 4. The molecule has 0 saturated carbocycles. The Labute approximate surface area is 132 Å². The Morgan fingerprint density at radius 1 is 1.48 bits per heavy atom. The third kappa shape index (κ3) is 3.89. The minimum Gasteiger partial charge on any atom is -0.479 e. The summed E-state index contributed by atoms with van der Waals surface area (Å²) < 4.78 is 10.5.